The second kappa shape index (κ2) is 13.5. The molecular weight excluding hydrogens is 215 g/mol. The lowest BCUT2D eigenvalue weighted by atomic mass is 10.5. The first-order valence-electron chi connectivity index (χ1n) is 2.91. The van der Waals surface area contributed by atoms with Gasteiger partial charge >= 0.3 is 0 Å². The van der Waals surface area contributed by atoms with E-state index in [-0.39, 0.29) is 15.1 Å². The number of thiol groups is 1. The van der Waals surface area contributed by atoms with E-state index in [1.807, 2.05) is 6.92 Å². The highest BCUT2D eigenvalue weighted by Gasteiger charge is 1.81. The molecule has 0 aliphatic heterocycles. The van der Waals surface area contributed by atoms with E-state index in [0.29, 0.717) is 6.61 Å². The third-order valence-corrected chi connectivity index (χ3v) is 0.566. The molecule has 0 rings (SSSR count). The largest absolute Gasteiger partial charge is 0.471 e. The van der Waals surface area contributed by atoms with Crippen molar-refractivity contribution in [1.82, 2.24) is 0 Å². The van der Waals surface area contributed by atoms with Crippen LogP contribution in [0.3, 0.4) is 0 Å². The number of rotatable bonds is 2. The number of primary amides is 1. The van der Waals surface area contributed by atoms with Gasteiger partial charge in [-0.25, -0.2) is 0 Å². The Morgan fingerprint density at radius 3 is 2.00 bits per heavy atom. The first kappa shape index (κ1) is 17.9. The molecule has 74 valence electrons. The topological polar surface area (TPSA) is 78.3 Å². The Morgan fingerprint density at radius 2 is 1.92 bits per heavy atom. The molecule has 12 heavy (non-hydrogen) atoms. The average Bonchev–Trinajstić information content (AvgIpc) is 1.82. The Labute approximate surface area is 86.4 Å². The fourth-order valence-corrected chi connectivity index (χ4v) is 0.286. The molecule has 7 heteroatoms. The summed E-state index contributed by atoms with van der Waals surface area (Å²) in [6.45, 7) is 2.63. The summed E-state index contributed by atoms with van der Waals surface area (Å²) < 4.78 is 4.70. The van der Waals surface area contributed by atoms with Crippen molar-refractivity contribution in [2.75, 3.05) is 6.61 Å². The highest BCUT2D eigenvalue weighted by atomic mass is 32.1. The van der Waals surface area contributed by atoms with Crippen LogP contribution in [0, 0.1) is 0 Å². The molecule has 0 aliphatic rings. The molecule has 0 aliphatic carbocycles. The zero-order chi connectivity index (χ0) is 9.28. The lowest BCUT2D eigenvalue weighted by Gasteiger charge is -1.96. The fraction of sp³-hybridized carbons (Fsp3) is 0.600. The van der Waals surface area contributed by atoms with Gasteiger partial charge in [0.25, 0.3) is 10.4 Å². The van der Waals surface area contributed by atoms with Gasteiger partial charge in [-0.15, -0.1) is 0 Å². The monoisotopic (exact) mass is 230 g/mol. The van der Waals surface area contributed by atoms with E-state index in [0.717, 1.165) is 6.42 Å². The number of hydrogen-bond donors (Lipinski definition) is 3. The summed E-state index contributed by atoms with van der Waals surface area (Å²) in [5, 5.41) is -0.498. The van der Waals surface area contributed by atoms with Crippen LogP contribution in [-0.4, -0.2) is 17.0 Å². The van der Waals surface area contributed by atoms with Crippen LogP contribution in [0.4, 0.5) is 4.79 Å². The Balaban J connectivity index is -0.000000142. The number of nitrogens with two attached hydrogens (primary N) is 2. The van der Waals surface area contributed by atoms with Crippen molar-refractivity contribution in [3.05, 3.63) is 0 Å². The predicted octanol–water partition coefficient (Wildman–Crippen LogP) is 0.710. The number of carbonyl (C=O) groups excluding carboxylic acids is 1. The average molecular weight is 230 g/mol. The van der Waals surface area contributed by atoms with Gasteiger partial charge in [-0.1, -0.05) is 19.6 Å². The Hall–Kier alpha value is -0.0600. The summed E-state index contributed by atoms with van der Waals surface area (Å²) >= 11 is 7.52. The molecule has 1 atom stereocenters. The first-order valence-corrected chi connectivity index (χ1v) is 3.76. The molecule has 1 unspecified atom stereocenters. The van der Waals surface area contributed by atoms with E-state index in [1.165, 1.54) is 0 Å². The van der Waals surface area contributed by atoms with Crippen molar-refractivity contribution in [2.45, 2.75) is 13.3 Å². The summed E-state index contributed by atoms with van der Waals surface area (Å²) in [5.41, 5.74) is 9.32. The van der Waals surface area contributed by atoms with Gasteiger partial charge in [0.2, 0.25) is 0 Å². The van der Waals surface area contributed by atoms with Gasteiger partial charge in [-0.3, -0.25) is 4.79 Å². The fourth-order valence-electron chi connectivity index (χ4n) is 0.203. The van der Waals surface area contributed by atoms with Crippen LogP contribution in [0.2, 0.25) is 0 Å². The van der Waals surface area contributed by atoms with Crippen molar-refractivity contribution >= 4 is 45.2 Å². The second-order valence-electron chi connectivity index (χ2n) is 1.51. The minimum absolute atomic E-state index is 0. The van der Waals surface area contributed by atoms with Gasteiger partial charge < -0.3 is 16.2 Å². The summed E-state index contributed by atoms with van der Waals surface area (Å²) in [5.74, 6) is 0. The van der Waals surface area contributed by atoms with Crippen LogP contribution in [-0.2, 0) is 4.74 Å². The Morgan fingerprint density at radius 1 is 1.58 bits per heavy atom. The lowest BCUT2D eigenvalue weighted by Crippen LogP contribution is -2.12. The molecule has 0 fully saturated rings. The molecule has 0 aromatic heterocycles. The maximum Gasteiger partial charge on any atom is 0.273 e. The van der Waals surface area contributed by atoms with Crippen LogP contribution < -0.4 is 11.5 Å². The van der Waals surface area contributed by atoms with Gasteiger partial charge in [0, 0.05) is 0 Å². The standard InChI is InChI=1S/C4H9NOS.CH3NOS.H3P/c1-2-3-6-4(5)7;2-1(3)4;/h2-3H2,1H3,(H2,5,7);(H3,2,3,4);1H3. The SMILES string of the molecule is CCCOC(N)=S.NC(=O)S.P. The first-order chi connectivity index (χ1) is 5.00. The third-order valence-electron chi connectivity index (χ3n) is 0.448. The molecule has 0 bridgehead atoms. The number of ether oxygens (including phenoxy) is 1. The molecular formula is C5H15N2O2PS2. The third kappa shape index (κ3) is 51.2. The molecule has 0 spiro atoms. The molecule has 0 saturated carbocycles. The van der Waals surface area contributed by atoms with E-state index in [9.17, 15) is 0 Å². The quantitative estimate of drug-likeness (QED) is 0.371. The van der Waals surface area contributed by atoms with Gasteiger partial charge in [-0.05, 0) is 18.6 Å². The number of hydrogen-bond acceptors (Lipinski definition) is 3. The van der Waals surface area contributed by atoms with E-state index < -0.39 is 5.24 Å². The van der Waals surface area contributed by atoms with Crippen LogP contribution in [0.25, 0.3) is 0 Å². The molecule has 0 aromatic carbocycles. The van der Waals surface area contributed by atoms with Crippen molar-refractivity contribution in [3.63, 3.8) is 0 Å². The van der Waals surface area contributed by atoms with Crippen LogP contribution in [0.1, 0.15) is 13.3 Å². The normalized spacial score (nSPS) is 6.83. The smallest absolute Gasteiger partial charge is 0.273 e. The van der Waals surface area contributed by atoms with Gasteiger partial charge in [0.15, 0.2) is 0 Å². The minimum atomic E-state index is -0.639. The van der Waals surface area contributed by atoms with Gasteiger partial charge in [-0.2, -0.15) is 9.90 Å². The molecule has 1 amide bonds. The molecule has 4 N–H and O–H groups in total. The zero-order valence-electron chi connectivity index (χ0n) is 6.95. The maximum absolute atomic E-state index is 9.09. The number of thiocarbonyl (C=S) groups is 1. The van der Waals surface area contributed by atoms with Crippen LogP contribution in [0.5, 0.6) is 0 Å². The van der Waals surface area contributed by atoms with Crippen LogP contribution >= 0.6 is 34.7 Å². The van der Waals surface area contributed by atoms with E-state index in [1.54, 1.807) is 0 Å². The van der Waals surface area contributed by atoms with Crippen molar-refractivity contribution < 1.29 is 9.53 Å². The molecule has 4 nitrogen and oxygen atoms in total. The summed E-state index contributed by atoms with van der Waals surface area (Å²) in [6, 6.07) is 0. The molecule has 0 heterocycles. The summed E-state index contributed by atoms with van der Waals surface area (Å²) in [6.07, 6.45) is 0.956. The van der Waals surface area contributed by atoms with Gasteiger partial charge in [0.1, 0.15) is 0 Å². The maximum atomic E-state index is 9.09. The molecule has 0 aromatic rings. The Kier molecular flexibility index (Phi) is 20.2. The lowest BCUT2D eigenvalue weighted by molar-refractivity contribution is 0.267. The zero-order valence-corrected chi connectivity index (χ0v) is 10.1. The van der Waals surface area contributed by atoms with E-state index in [2.05, 4.69) is 30.6 Å². The van der Waals surface area contributed by atoms with Gasteiger partial charge in [0.05, 0.1) is 6.61 Å². The molecule has 0 saturated heterocycles. The van der Waals surface area contributed by atoms with Crippen molar-refractivity contribution in [2.24, 2.45) is 11.5 Å². The highest BCUT2D eigenvalue weighted by Crippen LogP contribution is 1.77. The van der Waals surface area contributed by atoms with E-state index >= 15 is 0 Å². The number of amides is 1. The van der Waals surface area contributed by atoms with E-state index in [4.69, 9.17) is 15.3 Å². The highest BCUT2D eigenvalue weighted by molar-refractivity contribution is 7.96. The van der Waals surface area contributed by atoms with Crippen molar-refractivity contribution in [3.8, 4) is 0 Å². The predicted molar refractivity (Wildman–Crippen MR) is 62.7 cm³/mol. The number of carbonyl (C=O) groups is 1. The Bertz CT molecular complexity index is 131. The minimum Gasteiger partial charge on any atom is -0.471 e. The molecule has 0 radical (unpaired) electrons. The second-order valence-corrected chi connectivity index (χ2v) is 2.35. The summed E-state index contributed by atoms with van der Waals surface area (Å²) in [4.78, 5) is 9.09. The summed E-state index contributed by atoms with van der Waals surface area (Å²) in [7, 11) is 0. The van der Waals surface area contributed by atoms with Crippen LogP contribution in [0.15, 0.2) is 0 Å². The van der Waals surface area contributed by atoms with Crippen molar-refractivity contribution in [1.29, 1.82) is 0 Å².